The fourth-order valence-electron chi connectivity index (χ4n) is 2.63. The molecule has 1 aromatic heterocycles. The van der Waals surface area contributed by atoms with Crippen LogP contribution in [0.1, 0.15) is 28.5 Å². The number of rotatable bonds is 4. The highest BCUT2D eigenvalue weighted by molar-refractivity contribution is 6.05. The minimum atomic E-state index is -0.986. The molecule has 0 aliphatic carbocycles. The number of nitrogens with one attached hydrogen (secondary N) is 1. The lowest BCUT2D eigenvalue weighted by Gasteiger charge is -2.14. The average molecular weight is 359 g/mol. The maximum Gasteiger partial charge on any atom is 0.339 e. The SMILES string of the molecule is Cc1cc(C(=O)O[C@@H](C)C(=O)Nc2ccc(C#N)cc2)c2ccccc2n1. The quantitative estimate of drug-likeness (QED) is 0.719. The number of fused-ring (bicyclic) bond motifs is 1. The first-order valence-corrected chi connectivity index (χ1v) is 8.36. The van der Waals surface area contributed by atoms with Crippen LogP contribution in [0.2, 0.25) is 0 Å². The molecule has 0 bridgehead atoms. The number of pyridine rings is 1. The van der Waals surface area contributed by atoms with Crippen LogP contribution in [0.5, 0.6) is 0 Å². The fraction of sp³-hybridized carbons (Fsp3) is 0.143. The molecule has 0 aliphatic heterocycles. The predicted octanol–water partition coefficient (Wildman–Crippen LogP) is 3.60. The van der Waals surface area contributed by atoms with Gasteiger partial charge in [-0.15, -0.1) is 0 Å². The van der Waals surface area contributed by atoms with Crippen molar-refractivity contribution in [2.45, 2.75) is 20.0 Å². The first kappa shape index (κ1) is 18.1. The summed E-state index contributed by atoms with van der Waals surface area (Å²) in [5.74, 6) is -1.04. The van der Waals surface area contributed by atoms with Crippen LogP contribution in [-0.4, -0.2) is 23.0 Å². The van der Waals surface area contributed by atoms with Gasteiger partial charge in [-0.1, -0.05) is 18.2 Å². The highest BCUT2D eigenvalue weighted by Gasteiger charge is 2.21. The zero-order valence-corrected chi connectivity index (χ0v) is 14.9. The van der Waals surface area contributed by atoms with E-state index in [0.29, 0.717) is 33.4 Å². The minimum Gasteiger partial charge on any atom is -0.449 e. The van der Waals surface area contributed by atoms with E-state index in [2.05, 4.69) is 10.3 Å². The summed E-state index contributed by atoms with van der Waals surface area (Å²) in [5, 5.41) is 12.1. The van der Waals surface area contributed by atoms with Crippen LogP contribution in [0.15, 0.2) is 54.6 Å². The van der Waals surface area contributed by atoms with E-state index < -0.39 is 18.0 Å². The Morgan fingerprint density at radius 3 is 2.56 bits per heavy atom. The van der Waals surface area contributed by atoms with Crippen molar-refractivity contribution in [2.24, 2.45) is 0 Å². The number of nitrogens with zero attached hydrogens (tertiary/aromatic N) is 2. The normalized spacial score (nSPS) is 11.4. The van der Waals surface area contributed by atoms with Gasteiger partial charge >= 0.3 is 5.97 Å². The smallest absolute Gasteiger partial charge is 0.339 e. The van der Waals surface area contributed by atoms with Crippen LogP contribution < -0.4 is 5.32 Å². The minimum absolute atomic E-state index is 0.371. The first-order chi connectivity index (χ1) is 13.0. The van der Waals surface area contributed by atoms with Gasteiger partial charge in [-0.25, -0.2) is 4.79 Å². The number of ether oxygens (including phenoxy) is 1. The van der Waals surface area contributed by atoms with Crippen molar-refractivity contribution in [2.75, 3.05) is 5.32 Å². The van der Waals surface area contributed by atoms with Gasteiger partial charge in [0.2, 0.25) is 0 Å². The van der Waals surface area contributed by atoms with Crippen LogP contribution in [0.3, 0.4) is 0 Å². The number of carbonyl (C=O) groups excluding carboxylic acids is 2. The molecular weight excluding hydrogens is 342 g/mol. The molecule has 6 nitrogen and oxygen atoms in total. The maximum absolute atomic E-state index is 12.6. The standard InChI is InChI=1S/C21H17N3O3/c1-13-11-18(17-5-3-4-6-19(17)23-13)21(26)27-14(2)20(25)24-16-9-7-15(12-22)8-10-16/h3-11,14H,1-2H3,(H,24,25)/t14-/m0/s1. The maximum atomic E-state index is 12.6. The van der Waals surface area contributed by atoms with Crippen molar-refractivity contribution in [3.05, 3.63) is 71.4 Å². The molecule has 1 heterocycles. The number of para-hydroxylation sites is 1. The number of aryl methyl sites for hydroxylation is 1. The Morgan fingerprint density at radius 2 is 1.85 bits per heavy atom. The topological polar surface area (TPSA) is 92.1 Å². The Hall–Kier alpha value is -3.72. The molecular formula is C21H17N3O3. The number of hydrogen-bond acceptors (Lipinski definition) is 5. The van der Waals surface area contributed by atoms with Gasteiger partial charge in [0.1, 0.15) is 0 Å². The number of nitriles is 1. The van der Waals surface area contributed by atoms with Crippen molar-refractivity contribution in [3.8, 4) is 6.07 Å². The van der Waals surface area contributed by atoms with E-state index in [1.54, 1.807) is 43.3 Å². The van der Waals surface area contributed by atoms with Crippen molar-refractivity contribution in [3.63, 3.8) is 0 Å². The Labute approximate surface area is 156 Å². The summed E-state index contributed by atoms with van der Waals surface area (Å²) in [4.78, 5) is 29.3. The number of anilines is 1. The summed E-state index contributed by atoms with van der Waals surface area (Å²) in [6.45, 7) is 3.30. The van der Waals surface area contributed by atoms with Gasteiger partial charge in [-0.2, -0.15) is 5.26 Å². The van der Waals surface area contributed by atoms with Gasteiger partial charge in [0, 0.05) is 16.8 Å². The fourth-order valence-corrected chi connectivity index (χ4v) is 2.63. The summed E-state index contributed by atoms with van der Waals surface area (Å²) in [5.41, 5.74) is 2.77. The van der Waals surface area contributed by atoms with Gasteiger partial charge in [0.25, 0.3) is 5.91 Å². The molecule has 134 valence electrons. The molecule has 0 aliphatic rings. The number of aromatic nitrogens is 1. The van der Waals surface area contributed by atoms with Gasteiger partial charge in [0.15, 0.2) is 6.10 Å². The molecule has 27 heavy (non-hydrogen) atoms. The lowest BCUT2D eigenvalue weighted by Crippen LogP contribution is -2.30. The second-order valence-corrected chi connectivity index (χ2v) is 6.05. The summed E-state index contributed by atoms with van der Waals surface area (Å²) in [6, 6.07) is 17.4. The van der Waals surface area contributed by atoms with Crippen LogP contribution in [0.25, 0.3) is 10.9 Å². The predicted molar refractivity (Wildman–Crippen MR) is 101 cm³/mol. The Kier molecular flexibility index (Phi) is 5.13. The first-order valence-electron chi connectivity index (χ1n) is 8.36. The molecule has 3 rings (SSSR count). The van der Waals surface area contributed by atoms with Crippen LogP contribution >= 0.6 is 0 Å². The molecule has 1 atom stereocenters. The van der Waals surface area contributed by atoms with E-state index in [9.17, 15) is 9.59 Å². The van der Waals surface area contributed by atoms with E-state index in [1.165, 1.54) is 6.92 Å². The van der Waals surface area contributed by atoms with E-state index in [-0.39, 0.29) is 0 Å². The summed E-state index contributed by atoms with van der Waals surface area (Å²) in [7, 11) is 0. The third kappa shape index (κ3) is 4.10. The summed E-state index contributed by atoms with van der Waals surface area (Å²) < 4.78 is 5.35. The summed E-state index contributed by atoms with van der Waals surface area (Å²) in [6.07, 6.45) is -0.986. The zero-order valence-electron chi connectivity index (χ0n) is 14.9. The number of carbonyl (C=O) groups is 2. The monoisotopic (exact) mass is 359 g/mol. The Bertz CT molecular complexity index is 1050. The lowest BCUT2D eigenvalue weighted by atomic mass is 10.1. The molecule has 0 spiro atoms. The Balaban J connectivity index is 1.73. The van der Waals surface area contributed by atoms with Gasteiger partial charge in [-0.05, 0) is 50.2 Å². The molecule has 0 radical (unpaired) electrons. The summed E-state index contributed by atoms with van der Waals surface area (Å²) >= 11 is 0. The van der Waals surface area contributed by atoms with Gasteiger partial charge < -0.3 is 10.1 Å². The van der Waals surface area contributed by atoms with Crippen molar-refractivity contribution >= 4 is 28.5 Å². The molecule has 6 heteroatoms. The largest absolute Gasteiger partial charge is 0.449 e. The van der Waals surface area contributed by atoms with Crippen LogP contribution in [0, 0.1) is 18.3 Å². The molecule has 2 aromatic carbocycles. The number of esters is 1. The van der Waals surface area contributed by atoms with Crippen molar-refractivity contribution < 1.29 is 14.3 Å². The number of hydrogen-bond donors (Lipinski definition) is 1. The molecule has 0 unspecified atom stereocenters. The highest BCUT2D eigenvalue weighted by Crippen LogP contribution is 2.20. The molecule has 3 aromatic rings. The zero-order chi connectivity index (χ0) is 19.4. The van der Waals surface area contributed by atoms with Gasteiger partial charge in [0.05, 0.1) is 22.7 Å². The molecule has 0 fully saturated rings. The van der Waals surface area contributed by atoms with Crippen molar-refractivity contribution in [1.29, 1.82) is 5.26 Å². The second-order valence-electron chi connectivity index (χ2n) is 6.05. The third-order valence-corrected chi connectivity index (χ3v) is 4.00. The second kappa shape index (κ2) is 7.67. The van der Waals surface area contributed by atoms with Crippen molar-refractivity contribution in [1.82, 2.24) is 4.98 Å². The third-order valence-electron chi connectivity index (χ3n) is 4.00. The average Bonchev–Trinajstić information content (AvgIpc) is 2.67. The highest BCUT2D eigenvalue weighted by atomic mass is 16.5. The molecule has 0 saturated carbocycles. The van der Waals surface area contributed by atoms with Gasteiger partial charge in [-0.3, -0.25) is 9.78 Å². The van der Waals surface area contributed by atoms with Crippen LogP contribution in [0.4, 0.5) is 5.69 Å². The van der Waals surface area contributed by atoms with E-state index in [0.717, 1.165) is 0 Å². The van der Waals surface area contributed by atoms with E-state index >= 15 is 0 Å². The number of amides is 1. The lowest BCUT2D eigenvalue weighted by molar-refractivity contribution is -0.123. The van der Waals surface area contributed by atoms with E-state index in [4.69, 9.17) is 10.00 Å². The Morgan fingerprint density at radius 1 is 1.15 bits per heavy atom. The van der Waals surface area contributed by atoms with E-state index in [1.807, 2.05) is 24.3 Å². The number of benzene rings is 2. The molecule has 0 saturated heterocycles. The van der Waals surface area contributed by atoms with Crippen LogP contribution in [-0.2, 0) is 9.53 Å². The molecule has 1 amide bonds. The molecule has 1 N–H and O–H groups in total.